The van der Waals surface area contributed by atoms with E-state index in [0.29, 0.717) is 13.2 Å². The Morgan fingerprint density at radius 3 is 2.20 bits per heavy atom. The molecule has 2 unspecified atom stereocenters. The fourth-order valence-electron chi connectivity index (χ4n) is 1.85. The van der Waals surface area contributed by atoms with E-state index in [0.717, 1.165) is 6.04 Å². The molecule has 0 N–H and O–H groups in total. The summed E-state index contributed by atoms with van der Waals surface area (Å²) in [6, 6.07) is 1.09. The summed E-state index contributed by atoms with van der Waals surface area (Å²) in [4.78, 5) is 0. The molecule has 0 radical (unpaired) electrons. The van der Waals surface area contributed by atoms with Crippen LogP contribution in [-0.4, -0.2) is 38.4 Å². The minimum absolute atomic E-state index is 0.170. The number of ether oxygens (including phenoxy) is 1. The standard InChI is InChI=1S/C10H21IO3Si/c1-9-7-12-8-10(2)14-15(3,13-9)6-4-5-11/h9-10H,4-8H2,1-3H3. The molecular formula is C10H21IO3Si. The molecule has 15 heavy (non-hydrogen) atoms. The fraction of sp³-hybridized carbons (Fsp3) is 1.00. The van der Waals surface area contributed by atoms with Crippen molar-refractivity contribution in [3.63, 3.8) is 0 Å². The van der Waals surface area contributed by atoms with Gasteiger partial charge in [0.1, 0.15) is 0 Å². The second-order valence-corrected chi connectivity index (χ2v) is 8.64. The second-order valence-electron chi connectivity index (χ2n) is 4.32. The van der Waals surface area contributed by atoms with Crippen LogP contribution in [0.4, 0.5) is 0 Å². The number of rotatable bonds is 3. The van der Waals surface area contributed by atoms with Crippen LogP contribution in [0.3, 0.4) is 0 Å². The van der Waals surface area contributed by atoms with E-state index in [4.69, 9.17) is 13.6 Å². The quantitative estimate of drug-likeness (QED) is 0.448. The summed E-state index contributed by atoms with van der Waals surface area (Å²) >= 11 is 2.40. The Morgan fingerprint density at radius 2 is 1.73 bits per heavy atom. The molecule has 0 aromatic rings. The van der Waals surface area contributed by atoms with E-state index >= 15 is 0 Å². The molecule has 0 aromatic carbocycles. The Labute approximate surface area is 107 Å². The summed E-state index contributed by atoms with van der Waals surface area (Å²) in [7, 11) is -1.95. The molecule has 1 aliphatic heterocycles. The third-order valence-corrected chi connectivity index (χ3v) is 6.20. The molecule has 1 saturated heterocycles. The van der Waals surface area contributed by atoms with Gasteiger partial charge in [0, 0.05) is 0 Å². The Hall–Kier alpha value is 0.827. The van der Waals surface area contributed by atoms with Gasteiger partial charge in [-0.25, -0.2) is 0 Å². The Balaban J connectivity index is 2.55. The smallest absolute Gasteiger partial charge is 0.335 e. The lowest BCUT2D eigenvalue weighted by Gasteiger charge is -2.35. The van der Waals surface area contributed by atoms with E-state index < -0.39 is 8.56 Å². The largest absolute Gasteiger partial charge is 0.389 e. The van der Waals surface area contributed by atoms with Gasteiger partial charge in [0.15, 0.2) is 0 Å². The van der Waals surface area contributed by atoms with Crippen LogP contribution in [0, 0.1) is 0 Å². The third kappa shape index (κ3) is 5.12. The van der Waals surface area contributed by atoms with Gasteiger partial charge in [-0.3, -0.25) is 0 Å². The average molecular weight is 344 g/mol. The predicted molar refractivity (Wildman–Crippen MR) is 71.8 cm³/mol. The van der Waals surface area contributed by atoms with Crippen LogP contribution in [0.15, 0.2) is 0 Å². The molecule has 2 atom stereocenters. The van der Waals surface area contributed by atoms with Crippen molar-refractivity contribution in [1.29, 1.82) is 0 Å². The maximum atomic E-state index is 6.04. The van der Waals surface area contributed by atoms with Gasteiger partial charge >= 0.3 is 8.56 Å². The van der Waals surface area contributed by atoms with Crippen LogP contribution in [-0.2, 0) is 13.6 Å². The van der Waals surface area contributed by atoms with Crippen molar-refractivity contribution in [1.82, 2.24) is 0 Å². The van der Waals surface area contributed by atoms with Gasteiger partial charge in [-0.2, -0.15) is 0 Å². The molecule has 0 aromatic heterocycles. The lowest BCUT2D eigenvalue weighted by Crippen LogP contribution is -2.47. The van der Waals surface area contributed by atoms with Gasteiger partial charge in [-0.05, 0) is 37.3 Å². The van der Waals surface area contributed by atoms with E-state index in [-0.39, 0.29) is 12.2 Å². The van der Waals surface area contributed by atoms with Gasteiger partial charge < -0.3 is 13.6 Å². The van der Waals surface area contributed by atoms with Crippen LogP contribution < -0.4 is 0 Å². The van der Waals surface area contributed by atoms with E-state index in [1.54, 1.807) is 0 Å². The molecule has 5 heteroatoms. The topological polar surface area (TPSA) is 27.7 Å². The highest BCUT2D eigenvalue weighted by Crippen LogP contribution is 2.22. The molecule has 0 amide bonds. The average Bonchev–Trinajstić information content (AvgIpc) is 2.12. The van der Waals surface area contributed by atoms with Crippen LogP contribution in [0.25, 0.3) is 0 Å². The van der Waals surface area contributed by atoms with Crippen molar-refractivity contribution in [3.05, 3.63) is 0 Å². The highest BCUT2D eigenvalue weighted by atomic mass is 127. The summed E-state index contributed by atoms with van der Waals surface area (Å²) in [5.74, 6) is 0. The van der Waals surface area contributed by atoms with Crippen molar-refractivity contribution in [2.45, 2.75) is 45.1 Å². The molecular weight excluding hydrogens is 323 g/mol. The molecule has 0 spiro atoms. The first-order valence-electron chi connectivity index (χ1n) is 5.55. The summed E-state index contributed by atoms with van der Waals surface area (Å²) in [6.45, 7) is 7.70. The first-order valence-corrected chi connectivity index (χ1v) is 9.60. The zero-order valence-electron chi connectivity index (χ0n) is 9.79. The summed E-state index contributed by atoms with van der Waals surface area (Å²) in [5.41, 5.74) is 0. The van der Waals surface area contributed by atoms with Gasteiger partial charge in [0.25, 0.3) is 0 Å². The Bertz CT molecular complexity index is 180. The molecule has 90 valence electrons. The molecule has 3 nitrogen and oxygen atoms in total. The van der Waals surface area contributed by atoms with E-state index in [9.17, 15) is 0 Å². The Morgan fingerprint density at radius 1 is 1.20 bits per heavy atom. The lowest BCUT2D eigenvalue weighted by atomic mass is 10.4. The third-order valence-electron chi connectivity index (χ3n) is 2.37. The molecule has 1 heterocycles. The zero-order chi connectivity index (χ0) is 11.3. The van der Waals surface area contributed by atoms with Crippen LogP contribution in [0.5, 0.6) is 0 Å². The monoisotopic (exact) mass is 344 g/mol. The van der Waals surface area contributed by atoms with Gasteiger partial charge in [-0.1, -0.05) is 22.6 Å². The van der Waals surface area contributed by atoms with Crippen molar-refractivity contribution >= 4 is 31.2 Å². The minimum Gasteiger partial charge on any atom is -0.389 e. The first kappa shape index (κ1) is 13.9. The number of hydrogen-bond acceptors (Lipinski definition) is 3. The maximum Gasteiger partial charge on any atom is 0.335 e. The van der Waals surface area contributed by atoms with E-state index in [1.807, 2.05) is 0 Å². The maximum absolute atomic E-state index is 6.04. The normalized spacial score (nSPS) is 38.4. The van der Waals surface area contributed by atoms with Crippen LogP contribution in [0.2, 0.25) is 12.6 Å². The molecule has 1 fully saturated rings. The number of halogens is 1. The van der Waals surface area contributed by atoms with Crippen molar-refractivity contribution in [3.8, 4) is 0 Å². The van der Waals surface area contributed by atoms with Gasteiger partial charge in [0.05, 0.1) is 25.4 Å². The number of alkyl halides is 1. The van der Waals surface area contributed by atoms with Gasteiger partial charge in [-0.15, -0.1) is 0 Å². The van der Waals surface area contributed by atoms with E-state index in [2.05, 4.69) is 43.0 Å². The van der Waals surface area contributed by atoms with Crippen LogP contribution >= 0.6 is 22.6 Å². The number of hydrogen-bond donors (Lipinski definition) is 0. The summed E-state index contributed by atoms with van der Waals surface area (Å²) in [5, 5.41) is 0. The molecule has 1 rings (SSSR count). The SMILES string of the molecule is CC1COCC(C)O[Si](C)(CCCI)O1. The highest BCUT2D eigenvalue weighted by Gasteiger charge is 2.36. The van der Waals surface area contributed by atoms with Crippen molar-refractivity contribution in [2.24, 2.45) is 0 Å². The first-order chi connectivity index (χ1) is 7.06. The minimum atomic E-state index is -1.95. The molecule has 1 aliphatic rings. The molecule has 0 saturated carbocycles. The van der Waals surface area contributed by atoms with Crippen molar-refractivity contribution in [2.75, 3.05) is 17.6 Å². The zero-order valence-corrected chi connectivity index (χ0v) is 13.0. The summed E-state index contributed by atoms with van der Waals surface area (Å²) in [6.07, 6.45) is 1.52. The van der Waals surface area contributed by atoms with E-state index in [1.165, 1.54) is 10.8 Å². The summed E-state index contributed by atoms with van der Waals surface area (Å²) < 4.78 is 18.7. The second kappa shape index (κ2) is 6.54. The molecule has 0 bridgehead atoms. The lowest BCUT2D eigenvalue weighted by molar-refractivity contribution is -0.0369. The predicted octanol–water partition coefficient (Wildman–Crippen LogP) is 2.72. The fourth-order valence-corrected chi connectivity index (χ4v) is 5.90. The van der Waals surface area contributed by atoms with Crippen molar-refractivity contribution < 1.29 is 13.6 Å². The molecule has 0 aliphatic carbocycles. The van der Waals surface area contributed by atoms with Crippen LogP contribution in [0.1, 0.15) is 20.3 Å². The van der Waals surface area contributed by atoms with Gasteiger partial charge in [0.2, 0.25) is 0 Å². The highest BCUT2D eigenvalue weighted by molar-refractivity contribution is 14.1. The Kier molecular flexibility index (Phi) is 6.05.